The molecule has 1 aromatic rings. The van der Waals surface area contributed by atoms with Gasteiger partial charge < -0.3 is 11.1 Å². The highest BCUT2D eigenvalue weighted by atomic mass is 19.4. The van der Waals surface area contributed by atoms with E-state index in [9.17, 15) is 18.0 Å². The van der Waals surface area contributed by atoms with Gasteiger partial charge in [-0.25, -0.2) is 0 Å². The van der Waals surface area contributed by atoms with Crippen molar-refractivity contribution in [3.63, 3.8) is 0 Å². The summed E-state index contributed by atoms with van der Waals surface area (Å²) in [6.07, 6.45) is -4.38. The standard InChI is InChI=1S/C16H23F3N2O/c1-10(2)13(20)14(22)21-9-15(3,4)11-6-5-7-12(8-11)16(17,18)19/h5-8,10,13H,9,20H2,1-4H3,(H,21,22)/t13-/m0/s1. The van der Waals surface area contributed by atoms with Gasteiger partial charge in [0.05, 0.1) is 11.6 Å². The SMILES string of the molecule is CC(C)[C@H](N)C(=O)NCC(C)(C)c1cccc(C(F)(F)F)c1. The maximum Gasteiger partial charge on any atom is 0.416 e. The van der Waals surface area contributed by atoms with Crippen molar-refractivity contribution in [2.24, 2.45) is 11.7 Å². The summed E-state index contributed by atoms with van der Waals surface area (Å²) in [6, 6.07) is 4.53. The summed E-state index contributed by atoms with van der Waals surface area (Å²) in [5.41, 5.74) is 4.94. The summed E-state index contributed by atoms with van der Waals surface area (Å²) < 4.78 is 38.3. The molecule has 0 aromatic heterocycles. The molecule has 1 aromatic carbocycles. The number of nitrogens with two attached hydrogens (primary N) is 1. The number of amides is 1. The molecule has 22 heavy (non-hydrogen) atoms. The fourth-order valence-corrected chi connectivity index (χ4v) is 1.95. The first kappa shape index (κ1) is 18.5. The molecule has 0 fully saturated rings. The molecule has 124 valence electrons. The lowest BCUT2D eigenvalue weighted by molar-refractivity contribution is -0.137. The smallest absolute Gasteiger partial charge is 0.354 e. The molecule has 0 saturated carbocycles. The largest absolute Gasteiger partial charge is 0.416 e. The summed E-state index contributed by atoms with van der Waals surface area (Å²) >= 11 is 0. The fourth-order valence-electron chi connectivity index (χ4n) is 1.95. The number of nitrogens with one attached hydrogen (secondary N) is 1. The Morgan fingerprint density at radius 2 is 1.77 bits per heavy atom. The summed E-state index contributed by atoms with van der Waals surface area (Å²) in [4.78, 5) is 11.9. The van der Waals surface area contributed by atoms with Gasteiger partial charge in [0.25, 0.3) is 0 Å². The second kappa shape index (κ2) is 6.69. The van der Waals surface area contributed by atoms with Crippen molar-refractivity contribution in [3.8, 4) is 0 Å². The third-order valence-corrected chi connectivity index (χ3v) is 3.70. The van der Waals surface area contributed by atoms with E-state index in [-0.39, 0.29) is 18.4 Å². The van der Waals surface area contributed by atoms with E-state index >= 15 is 0 Å². The summed E-state index contributed by atoms with van der Waals surface area (Å²) in [6.45, 7) is 7.45. The molecule has 0 unspecified atom stereocenters. The lowest BCUT2D eigenvalue weighted by Crippen LogP contribution is -2.47. The van der Waals surface area contributed by atoms with Crippen LogP contribution in [-0.4, -0.2) is 18.5 Å². The Balaban J connectivity index is 2.85. The number of alkyl halides is 3. The molecule has 0 aliphatic carbocycles. The lowest BCUT2D eigenvalue weighted by Gasteiger charge is -2.27. The number of hydrogen-bond donors (Lipinski definition) is 2. The molecule has 0 spiro atoms. The number of rotatable bonds is 5. The topological polar surface area (TPSA) is 55.1 Å². The van der Waals surface area contributed by atoms with E-state index in [1.807, 2.05) is 13.8 Å². The van der Waals surface area contributed by atoms with Gasteiger partial charge in [0.2, 0.25) is 5.91 Å². The Labute approximate surface area is 129 Å². The Kier molecular flexibility index (Phi) is 5.62. The molecule has 1 rings (SSSR count). The van der Waals surface area contributed by atoms with E-state index < -0.39 is 23.2 Å². The van der Waals surface area contributed by atoms with Crippen molar-refractivity contribution in [3.05, 3.63) is 35.4 Å². The van der Waals surface area contributed by atoms with Gasteiger partial charge in [0.15, 0.2) is 0 Å². The highest BCUT2D eigenvalue weighted by Crippen LogP contribution is 2.32. The van der Waals surface area contributed by atoms with E-state index in [0.717, 1.165) is 12.1 Å². The first-order valence-corrected chi connectivity index (χ1v) is 7.16. The summed E-state index contributed by atoms with van der Waals surface area (Å²) in [7, 11) is 0. The van der Waals surface area contributed by atoms with Crippen molar-refractivity contribution in [1.29, 1.82) is 0 Å². The van der Waals surface area contributed by atoms with E-state index in [1.54, 1.807) is 19.9 Å². The minimum atomic E-state index is -4.38. The van der Waals surface area contributed by atoms with Crippen LogP contribution in [0.25, 0.3) is 0 Å². The van der Waals surface area contributed by atoms with Crippen molar-refractivity contribution < 1.29 is 18.0 Å². The van der Waals surface area contributed by atoms with Gasteiger partial charge in [0, 0.05) is 12.0 Å². The van der Waals surface area contributed by atoms with Crippen molar-refractivity contribution in [1.82, 2.24) is 5.32 Å². The molecule has 0 bridgehead atoms. The second-order valence-corrected chi connectivity index (χ2v) is 6.45. The van der Waals surface area contributed by atoms with Crippen LogP contribution in [-0.2, 0) is 16.4 Å². The normalized spacial score (nSPS) is 14.0. The number of hydrogen-bond acceptors (Lipinski definition) is 2. The van der Waals surface area contributed by atoms with Crippen molar-refractivity contribution in [2.75, 3.05) is 6.54 Å². The van der Waals surface area contributed by atoms with Gasteiger partial charge in [-0.3, -0.25) is 4.79 Å². The molecule has 0 radical (unpaired) electrons. The minimum Gasteiger partial charge on any atom is -0.354 e. The maximum absolute atomic E-state index is 12.8. The lowest BCUT2D eigenvalue weighted by atomic mass is 9.83. The zero-order valence-electron chi connectivity index (χ0n) is 13.3. The van der Waals surface area contributed by atoms with Crippen LogP contribution in [0.15, 0.2) is 24.3 Å². The van der Waals surface area contributed by atoms with Gasteiger partial charge >= 0.3 is 6.18 Å². The van der Waals surface area contributed by atoms with Crippen LogP contribution in [0.2, 0.25) is 0 Å². The van der Waals surface area contributed by atoms with Crippen molar-refractivity contribution >= 4 is 5.91 Å². The molecule has 0 heterocycles. The van der Waals surface area contributed by atoms with Gasteiger partial charge in [-0.15, -0.1) is 0 Å². The molecule has 1 atom stereocenters. The van der Waals surface area contributed by atoms with Crippen LogP contribution in [0.1, 0.15) is 38.8 Å². The predicted molar refractivity (Wildman–Crippen MR) is 80.3 cm³/mol. The fraction of sp³-hybridized carbons (Fsp3) is 0.562. The zero-order valence-corrected chi connectivity index (χ0v) is 13.3. The summed E-state index contributed by atoms with van der Waals surface area (Å²) in [5, 5.41) is 2.72. The highest BCUT2D eigenvalue weighted by molar-refractivity contribution is 5.81. The van der Waals surface area contributed by atoms with Crippen LogP contribution in [0.3, 0.4) is 0 Å². The number of benzene rings is 1. The van der Waals surface area contributed by atoms with Crippen LogP contribution in [0, 0.1) is 5.92 Å². The quantitative estimate of drug-likeness (QED) is 0.877. The molecule has 3 nitrogen and oxygen atoms in total. The number of halogens is 3. The molecule has 1 amide bonds. The molecule has 0 aliphatic heterocycles. The maximum atomic E-state index is 12.8. The van der Waals surface area contributed by atoms with Gasteiger partial charge in [-0.2, -0.15) is 13.2 Å². The molecule has 3 N–H and O–H groups in total. The Morgan fingerprint density at radius 3 is 2.27 bits per heavy atom. The third kappa shape index (κ3) is 4.73. The molecule has 6 heteroatoms. The number of carbonyl (C=O) groups excluding carboxylic acids is 1. The van der Waals surface area contributed by atoms with Crippen molar-refractivity contribution in [2.45, 2.75) is 45.3 Å². The Morgan fingerprint density at radius 1 is 1.23 bits per heavy atom. The van der Waals surface area contributed by atoms with E-state index in [4.69, 9.17) is 5.73 Å². The average Bonchev–Trinajstić information content (AvgIpc) is 2.43. The third-order valence-electron chi connectivity index (χ3n) is 3.70. The van der Waals surface area contributed by atoms with E-state index in [2.05, 4.69) is 5.32 Å². The van der Waals surface area contributed by atoms with Crippen LogP contribution < -0.4 is 11.1 Å². The Hall–Kier alpha value is -1.56. The molecular weight excluding hydrogens is 293 g/mol. The first-order chi connectivity index (χ1) is 9.95. The summed E-state index contributed by atoms with van der Waals surface area (Å²) in [5.74, 6) is -0.299. The van der Waals surface area contributed by atoms with Crippen LogP contribution >= 0.6 is 0 Å². The number of carbonyl (C=O) groups is 1. The van der Waals surface area contributed by atoms with Gasteiger partial charge in [-0.05, 0) is 17.5 Å². The van der Waals surface area contributed by atoms with Crippen LogP contribution in [0.4, 0.5) is 13.2 Å². The van der Waals surface area contributed by atoms with E-state index in [0.29, 0.717) is 5.56 Å². The predicted octanol–water partition coefficient (Wildman–Crippen LogP) is 3.08. The second-order valence-electron chi connectivity index (χ2n) is 6.45. The zero-order chi connectivity index (χ0) is 17.1. The molecule has 0 aliphatic rings. The molecular formula is C16H23F3N2O. The van der Waals surface area contributed by atoms with E-state index in [1.165, 1.54) is 6.07 Å². The average molecular weight is 316 g/mol. The molecule has 0 saturated heterocycles. The van der Waals surface area contributed by atoms with Crippen LogP contribution in [0.5, 0.6) is 0 Å². The minimum absolute atomic E-state index is 0.00308. The van der Waals surface area contributed by atoms with Gasteiger partial charge in [0.1, 0.15) is 0 Å². The highest BCUT2D eigenvalue weighted by Gasteiger charge is 2.32. The monoisotopic (exact) mass is 316 g/mol. The Bertz CT molecular complexity index is 524. The van der Waals surface area contributed by atoms with Gasteiger partial charge in [-0.1, -0.05) is 45.9 Å². The first-order valence-electron chi connectivity index (χ1n) is 7.16.